The van der Waals surface area contributed by atoms with E-state index in [4.69, 9.17) is 0 Å². The Morgan fingerprint density at radius 3 is 2.68 bits per heavy atom. The van der Waals surface area contributed by atoms with Crippen molar-refractivity contribution in [2.75, 3.05) is 19.7 Å². The van der Waals surface area contributed by atoms with Gasteiger partial charge in [-0.05, 0) is 17.7 Å². The number of hydrogen-bond donors (Lipinski definition) is 1. The maximum Gasteiger partial charge on any atom is 0.0971 e. The fourth-order valence-corrected chi connectivity index (χ4v) is 3.57. The van der Waals surface area contributed by atoms with Crippen LogP contribution in [-0.2, 0) is 13.6 Å². The van der Waals surface area contributed by atoms with Gasteiger partial charge in [-0.2, -0.15) is 20.1 Å². The van der Waals surface area contributed by atoms with Gasteiger partial charge in [-0.15, -0.1) is 0 Å². The van der Waals surface area contributed by atoms with Crippen LogP contribution in [0.1, 0.15) is 17.2 Å². The van der Waals surface area contributed by atoms with Crippen molar-refractivity contribution in [3.63, 3.8) is 0 Å². The summed E-state index contributed by atoms with van der Waals surface area (Å²) in [5.74, 6) is 0.538. The molecule has 0 saturated carbocycles. The summed E-state index contributed by atoms with van der Waals surface area (Å²) >= 11 is 0. The Morgan fingerprint density at radius 2 is 1.96 bits per heavy atom. The summed E-state index contributed by atoms with van der Waals surface area (Å²) < 4.78 is 1.82. The average molecular weight is 338 g/mol. The lowest BCUT2D eigenvalue weighted by Crippen LogP contribution is -2.21. The van der Waals surface area contributed by atoms with Gasteiger partial charge >= 0.3 is 0 Å². The molecule has 0 bridgehead atoms. The molecular weight excluding hydrogens is 316 g/mol. The molecule has 0 radical (unpaired) electrons. The maximum absolute atomic E-state index is 9.76. The SMILES string of the molecule is Cn1cc([C@@H]2CN(Cc3cnn(-c4ccccc4)n3)C[C@H]2CO)cn1. The van der Waals surface area contributed by atoms with Crippen LogP contribution in [0.15, 0.2) is 48.9 Å². The van der Waals surface area contributed by atoms with Gasteiger partial charge in [0, 0.05) is 51.3 Å². The first-order chi connectivity index (χ1) is 12.2. The van der Waals surface area contributed by atoms with Gasteiger partial charge < -0.3 is 5.11 Å². The van der Waals surface area contributed by atoms with Crippen LogP contribution in [0.2, 0.25) is 0 Å². The Balaban J connectivity index is 1.46. The number of aromatic nitrogens is 5. The summed E-state index contributed by atoms with van der Waals surface area (Å²) in [5, 5.41) is 23.0. The molecule has 2 aromatic heterocycles. The summed E-state index contributed by atoms with van der Waals surface area (Å²) in [7, 11) is 1.92. The largest absolute Gasteiger partial charge is 0.396 e. The molecular formula is C18H22N6O. The molecule has 2 atom stereocenters. The van der Waals surface area contributed by atoms with Crippen LogP contribution in [-0.4, -0.2) is 54.5 Å². The van der Waals surface area contributed by atoms with E-state index in [1.165, 1.54) is 5.56 Å². The molecule has 1 aliphatic rings. The van der Waals surface area contributed by atoms with Gasteiger partial charge in [-0.25, -0.2) is 0 Å². The first-order valence-corrected chi connectivity index (χ1v) is 8.51. The van der Waals surface area contributed by atoms with E-state index in [0.29, 0.717) is 5.92 Å². The van der Waals surface area contributed by atoms with Crippen LogP contribution in [0, 0.1) is 5.92 Å². The number of hydrogen-bond acceptors (Lipinski definition) is 5. The van der Waals surface area contributed by atoms with Gasteiger partial charge in [0.25, 0.3) is 0 Å². The van der Waals surface area contributed by atoms with Crippen molar-refractivity contribution in [1.82, 2.24) is 29.7 Å². The zero-order valence-corrected chi connectivity index (χ0v) is 14.2. The monoisotopic (exact) mass is 338 g/mol. The van der Waals surface area contributed by atoms with Crippen LogP contribution in [0.4, 0.5) is 0 Å². The molecule has 7 nitrogen and oxygen atoms in total. The van der Waals surface area contributed by atoms with Crippen molar-refractivity contribution in [3.05, 3.63) is 60.2 Å². The number of aliphatic hydroxyl groups excluding tert-OH is 1. The number of rotatable bonds is 5. The zero-order chi connectivity index (χ0) is 17.2. The Hall–Kier alpha value is -2.51. The minimum atomic E-state index is 0.187. The highest BCUT2D eigenvalue weighted by atomic mass is 16.3. The third-order valence-electron chi connectivity index (χ3n) is 4.82. The smallest absolute Gasteiger partial charge is 0.0971 e. The Morgan fingerprint density at radius 1 is 1.12 bits per heavy atom. The van der Waals surface area contributed by atoms with Crippen LogP contribution < -0.4 is 0 Å². The van der Waals surface area contributed by atoms with Crippen molar-refractivity contribution in [2.45, 2.75) is 12.5 Å². The molecule has 0 amide bonds. The fraction of sp³-hybridized carbons (Fsp3) is 0.389. The second-order valence-electron chi connectivity index (χ2n) is 6.65. The molecule has 4 rings (SSSR count). The normalized spacial score (nSPS) is 21.0. The van der Waals surface area contributed by atoms with E-state index in [2.05, 4.69) is 20.2 Å². The lowest BCUT2D eigenvalue weighted by atomic mass is 9.92. The van der Waals surface area contributed by atoms with E-state index in [9.17, 15) is 5.11 Å². The zero-order valence-electron chi connectivity index (χ0n) is 14.2. The van der Waals surface area contributed by atoms with Crippen LogP contribution in [0.25, 0.3) is 5.69 Å². The van der Waals surface area contributed by atoms with Gasteiger partial charge in [0.1, 0.15) is 0 Å². The molecule has 1 saturated heterocycles. The third-order valence-corrected chi connectivity index (χ3v) is 4.82. The van der Waals surface area contributed by atoms with Crippen LogP contribution in [0.5, 0.6) is 0 Å². The molecule has 3 aromatic rings. The van der Waals surface area contributed by atoms with Crippen molar-refractivity contribution in [3.8, 4) is 5.69 Å². The molecule has 3 heterocycles. The summed E-state index contributed by atoms with van der Waals surface area (Å²) in [4.78, 5) is 3.99. The van der Waals surface area contributed by atoms with Crippen molar-refractivity contribution in [2.24, 2.45) is 13.0 Å². The maximum atomic E-state index is 9.76. The molecule has 130 valence electrons. The fourth-order valence-electron chi connectivity index (χ4n) is 3.57. The molecule has 7 heteroatoms. The third kappa shape index (κ3) is 3.33. The second-order valence-corrected chi connectivity index (χ2v) is 6.65. The molecule has 0 spiro atoms. The molecule has 1 N–H and O–H groups in total. The van der Waals surface area contributed by atoms with Gasteiger partial charge in [0.15, 0.2) is 0 Å². The quantitative estimate of drug-likeness (QED) is 0.757. The Labute approximate surface area is 146 Å². The number of para-hydroxylation sites is 1. The Bertz CT molecular complexity index is 827. The molecule has 1 fully saturated rings. The highest BCUT2D eigenvalue weighted by Crippen LogP contribution is 2.32. The number of aliphatic hydroxyl groups is 1. The van der Waals surface area contributed by atoms with E-state index < -0.39 is 0 Å². The predicted molar refractivity (Wildman–Crippen MR) is 93.2 cm³/mol. The summed E-state index contributed by atoms with van der Waals surface area (Å²) in [6.45, 7) is 2.68. The van der Waals surface area contributed by atoms with Crippen molar-refractivity contribution >= 4 is 0 Å². The standard InChI is InChI=1S/C18H22N6O/c1-22-9-14(7-19-22)18-12-23(10-15(18)13-25)11-16-8-20-24(21-16)17-5-3-2-4-6-17/h2-9,15,18,25H,10-13H2,1H3/t15-,18-/m0/s1. The first kappa shape index (κ1) is 16.0. The minimum absolute atomic E-state index is 0.187. The predicted octanol–water partition coefficient (Wildman–Crippen LogP) is 1.21. The van der Waals surface area contributed by atoms with Gasteiger partial charge in [0.05, 0.1) is 23.8 Å². The van der Waals surface area contributed by atoms with E-state index in [0.717, 1.165) is 31.0 Å². The van der Waals surface area contributed by atoms with Crippen molar-refractivity contribution < 1.29 is 5.11 Å². The molecule has 1 aliphatic heterocycles. The second kappa shape index (κ2) is 6.78. The van der Waals surface area contributed by atoms with Gasteiger partial charge in [0.2, 0.25) is 0 Å². The van der Waals surface area contributed by atoms with E-state index >= 15 is 0 Å². The molecule has 0 unspecified atom stereocenters. The molecule has 25 heavy (non-hydrogen) atoms. The average Bonchev–Trinajstić information content (AvgIpc) is 3.35. The van der Waals surface area contributed by atoms with Gasteiger partial charge in [-0.3, -0.25) is 9.58 Å². The van der Waals surface area contributed by atoms with E-state index in [1.807, 2.05) is 60.7 Å². The van der Waals surface area contributed by atoms with Crippen LogP contribution >= 0.6 is 0 Å². The Kier molecular flexibility index (Phi) is 4.33. The van der Waals surface area contributed by atoms with Crippen molar-refractivity contribution in [1.29, 1.82) is 0 Å². The van der Waals surface area contributed by atoms with E-state index in [1.54, 1.807) is 4.80 Å². The van der Waals surface area contributed by atoms with E-state index in [-0.39, 0.29) is 12.5 Å². The number of likely N-dealkylation sites (tertiary alicyclic amines) is 1. The highest BCUT2D eigenvalue weighted by molar-refractivity contribution is 5.28. The number of benzene rings is 1. The minimum Gasteiger partial charge on any atom is -0.396 e. The first-order valence-electron chi connectivity index (χ1n) is 8.51. The molecule has 1 aromatic carbocycles. The summed E-state index contributed by atoms with van der Waals surface area (Å²) in [6, 6.07) is 9.90. The number of nitrogens with zero attached hydrogens (tertiary/aromatic N) is 6. The lowest BCUT2D eigenvalue weighted by molar-refractivity contribution is 0.213. The summed E-state index contributed by atoms with van der Waals surface area (Å²) in [6.07, 6.45) is 5.77. The van der Waals surface area contributed by atoms with Gasteiger partial charge in [-0.1, -0.05) is 18.2 Å². The molecule has 0 aliphatic carbocycles. The number of aryl methyl sites for hydroxylation is 1. The lowest BCUT2D eigenvalue weighted by Gasteiger charge is -2.13. The highest BCUT2D eigenvalue weighted by Gasteiger charge is 2.34. The summed E-state index contributed by atoms with van der Waals surface area (Å²) in [5.41, 5.74) is 3.08. The van der Waals surface area contributed by atoms with Crippen LogP contribution in [0.3, 0.4) is 0 Å². The topological polar surface area (TPSA) is 72.0 Å².